The maximum absolute atomic E-state index is 6.16. The minimum Gasteiger partial charge on any atom is -0.340 e. The Morgan fingerprint density at radius 2 is 2.15 bits per heavy atom. The Morgan fingerprint density at radius 3 is 3.00 bits per heavy atom. The van der Waals surface area contributed by atoms with Gasteiger partial charge < -0.3 is 5.32 Å². The second-order valence-electron chi connectivity index (χ2n) is 4.54. The van der Waals surface area contributed by atoms with E-state index in [4.69, 9.17) is 11.6 Å². The second-order valence-corrected chi connectivity index (χ2v) is 5.85. The van der Waals surface area contributed by atoms with Crippen molar-refractivity contribution in [2.45, 2.75) is 19.8 Å². The molecular formula is C15H14ClN3S. The smallest absolute Gasteiger partial charge is 0.138 e. The van der Waals surface area contributed by atoms with E-state index in [1.807, 2.05) is 0 Å². The number of hydrogen-bond donors (Lipinski definition) is 1. The highest BCUT2D eigenvalue weighted by atomic mass is 35.5. The summed E-state index contributed by atoms with van der Waals surface area (Å²) in [6, 6.07) is 8.41. The zero-order valence-electron chi connectivity index (χ0n) is 11.1. The third kappa shape index (κ3) is 2.62. The molecule has 20 heavy (non-hydrogen) atoms. The molecule has 1 N–H and O–H groups in total. The van der Waals surface area contributed by atoms with Gasteiger partial charge in [0.15, 0.2) is 0 Å². The highest BCUT2D eigenvalue weighted by Crippen LogP contribution is 2.28. The van der Waals surface area contributed by atoms with Gasteiger partial charge in [0, 0.05) is 16.0 Å². The number of halogens is 1. The first-order valence-electron chi connectivity index (χ1n) is 6.51. The van der Waals surface area contributed by atoms with Crippen molar-refractivity contribution in [1.82, 2.24) is 9.97 Å². The van der Waals surface area contributed by atoms with Gasteiger partial charge in [-0.15, -0.1) is 11.3 Å². The van der Waals surface area contributed by atoms with Gasteiger partial charge in [-0.1, -0.05) is 24.9 Å². The lowest BCUT2D eigenvalue weighted by Gasteiger charge is -2.11. The molecule has 3 rings (SSSR count). The molecule has 1 aromatic carbocycles. The predicted octanol–water partition coefficient (Wildman–Crippen LogP) is 5.04. The quantitative estimate of drug-likeness (QED) is 0.686. The highest BCUT2D eigenvalue weighted by Gasteiger charge is 2.09. The first kappa shape index (κ1) is 13.3. The first-order chi connectivity index (χ1) is 9.78. The van der Waals surface area contributed by atoms with E-state index < -0.39 is 0 Å². The average Bonchev–Trinajstić information content (AvgIpc) is 2.90. The standard InChI is InChI=1S/C15H14ClN3S/c1-2-3-12-14(16)17-9-18-15(12)19-11-4-5-13-10(8-11)6-7-20-13/h4-9H,2-3H2,1H3,(H,17,18,19). The van der Waals surface area contributed by atoms with Crippen molar-refractivity contribution in [2.75, 3.05) is 5.32 Å². The van der Waals surface area contributed by atoms with E-state index in [0.29, 0.717) is 5.15 Å². The molecule has 0 saturated carbocycles. The molecule has 0 fully saturated rings. The largest absolute Gasteiger partial charge is 0.340 e. The number of nitrogens with zero attached hydrogens (tertiary/aromatic N) is 2. The van der Waals surface area contributed by atoms with Crippen molar-refractivity contribution < 1.29 is 0 Å². The molecule has 0 atom stereocenters. The first-order valence-corrected chi connectivity index (χ1v) is 7.77. The minimum absolute atomic E-state index is 0.529. The molecule has 0 saturated heterocycles. The van der Waals surface area contributed by atoms with E-state index in [0.717, 1.165) is 29.9 Å². The van der Waals surface area contributed by atoms with E-state index in [2.05, 4.69) is 51.9 Å². The monoisotopic (exact) mass is 303 g/mol. The lowest BCUT2D eigenvalue weighted by Crippen LogP contribution is -2.01. The van der Waals surface area contributed by atoms with Gasteiger partial charge in [-0.25, -0.2) is 9.97 Å². The van der Waals surface area contributed by atoms with Crippen LogP contribution in [0.25, 0.3) is 10.1 Å². The van der Waals surface area contributed by atoms with Crippen molar-refractivity contribution in [3.63, 3.8) is 0 Å². The molecule has 2 heterocycles. The molecule has 0 bridgehead atoms. The summed E-state index contributed by atoms with van der Waals surface area (Å²) in [6.07, 6.45) is 3.36. The van der Waals surface area contributed by atoms with Crippen LogP contribution in [-0.2, 0) is 6.42 Å². The molecule has 0 unspecified atom stereocenters. The van der Waals surface area contributed by atoms with Crippen LogP contribution in [0.15, 0.2) is 36.0 Å². The number of hydrogen-bond acceptors (Lipinski definition) is 4. The lowest BCUT2D eigenvalue weighted by atomic mass is 10.1. The van der Waals surface area contributed by atoms with Crippen molar-refractivity contribution in [3.05, 3.63) is 46.7 Å². The molecule has 0 aliphatic heterocycles. The van der Waals surface area contributed by atoms with Crippen LogP contribution >= 0.6 is 22.9 Å². The van der Waals surface area contributed by atoms with Crippen LogP contribution in [0.4, 0.5) is 11.5 Å². The van der Waals surface area contributed by atoms with E-state index in [1.165, 1.54) is 16.4 Å². The minimum atomic E-state index is 0.529. The molecule has 102 valence electrons. The zero-order valence-corrected chi connectivity index (χ0v) is 12.6. The fourth-order valence-corrected chi connectivity index (χ4v) is 3.15. The van der Waals surface area contributed by atoms with Gasteiger partial charge in [-0.3, -0.25) is 0 Å². The Morgan fingerprint density at radius 1 is 1.25 bits per heavy atom. The third-order valence-corrected chi connectivity index (χ3v) is 4.33. The fraction of sp³-hybridized carbons (Fsp3) is 0.200. The van der Waals surface area contributed by atoms with Crippen LogP contribution in [0, 0.1) is 0 Å². The number of anilines is 2. The predicted molar refractivity (Wildman–Crippen MR) is 86.1 cm³/mol. The average molecular weight is 304 g/mol. The third-order valence-electron chi connectivity index (χ3n) is 3.11. The van der Waals surface area contributed by atoms with E-state index >= 15 is 0 Å². The van der Waals surface area contributed by atoms with Crippen LogP contribution in [0.3, 0.4) is 0 Å². The van der Waals surface area contributed by atoms with Crippen LogP contribution in [0.1, 0.15) is 18.9 Å². The van der Waals surface area contributed by atoms with Gasteiger partial charge in [0.2, 0.25) is 0 Å². The summed E-state index contributed by atoms with van der Waals surface area (Å²) in [6.45, 7) is 2.12. The van der Waals surface area contributed by atoms with Crippen LogP contribution < -0.4 is 5.32 Å². The molecule has 0 amide bonds. The van der Waals surface area contributed by atoms with Gasteiger partial charge in [-0.2, -0.15) is 0 Å². The summed E-state index contributed by atoms with van der Waals surface area (Å²) >= 11 is 7.90. The van der Waals surface area contributed by atoms with Gasteiger partial charge in [0.25, 0.3) is 0 Å². The van der Waals surface area contributed by atoms with E-state index in [1.54, 1.807) is 11.3 Å². The van der Waals surface area contributed by atoms with E-state index in [9.17, 15) is 0 Å². The van der Waals surface area contributed by atoms with Crippen molar-refractivity contribution in [1.29, 1.82) is 0 Å². The molecule has 3 aromatic rings. The van der Waals surface area contributed by atoms with Gasteiger partial charge in [0.1, 0.15) is 17.3 Å². The number of nitrogens with one attached hydrogen (secondary N) is 1. The molecule has 0 spiro atoms. The van der Waals surface area contributed by atoms with Crippen molar-refractivity contribution in [3.8, 4) is 0 Å². The molecular weight excluding hydrogens is 290 g/mol. The molecule has 3 nitrogen and oxygen atoms in total. The summed E-state index contributed by atoms with van der Waals surface area (Å²) in [7, 11) is 0. The molecule has 2 aromatic heterocycles. The summed E-state index contributed by atoms with van der Waals surface area (Å²) in [5.41, 5.74) is 1.99. The topological polar surface area (TPSA) is 37.8 Å². The zero-order chi connectivity index (χ0) is 13.9. The molecule has 5 heteroatoms. The summed E-state index contributed by atoms with van der Waals surface area (Å²) in [5.74, 6) is 0.793. The maximum Gasteiger partial charge on any atom is 0.138 e. The maximum atomic E-state index is 6.16. The van der Waals surface area contributed by atoms with Crippen LogP contribution in [0.5, 0.6) is 0 Å². The van der Waals surface area contributed by atoms with Crippen LogP contribution in [-0.4, -0.2) is 9.97 Å². The van der Waals surface area contributed by atoms with Gasteiger partial charge in [-0.05, 0) is 41.5 Å². The number of aromatic nitrogens is 2. The second kappa shape index (κ2) is 5.77. The van der Waals surface area contributed by atoms with Crippen molar-refractivity contribution >= 4 is 44.5 Å². The molecule has 0 radical (unpaired) electrons. The Hall–Kier alpha value is -1.65. The number of thiophene rings is 1. The highest BCUT2D eigenvalue weighted by molar-refractivity contribution is 7.17. The fourth-order valence-electron chi connectivity index (χ4n) is 2.15. The number of fused-ring (bicyclic) bond motifs is 1. The van der Waals surface area contributed by atoms with Crippen LogP contribution in [0.2, 0.25) is 5.15 Å². The lowest BCUT2D eigenvalue weighted by molar-refractivity contribution is 0.904. The van der Waals surface area contributed by atoms with Crippen molar-refractivity contribution in [2.24, 2.45) is 0 Å². The van der Waals surface area contributed by atoms with Gasteiger partial charge in [0.05, 0.1) is 0 Å². The number of rotatable bonds is 4. The molecule has 0 aliphatic rings. The Kier molecular flexibility index (Phi) is 3.85. The summed E-state index contributed by atoms with van der Waals surface area (Å²) in [5, 5.41) is 7.21. The van der Waals surface area contributed by atoms with Gasteiger partial charge >= 0.3 is 0 Å². The van der Waals surface area contributed by atoms with E-state index in [-0.39, 0.29) is 0 Å². The Labute approximate surface area is 126 Å². The molecule has 0 aliphatic carbocycles. The summed E-state index contributed by atoms with van der Waals surface area (Å²) in [4.78, 5) is 8.37. The Bertz CT molecular complexity index is 739. The summed E-state index contributed by atoms with van der Waals surface area (Å²) < 4.78 is 1.28. The Balaban J connectivity index is 1.95. The number of benzene rings is 1. The normalized spacial score (nSPS) is 10.9. The SMILES string of the molecule is CCCc1c(Cl)ncnc1Nc1ccc2sccc2c1.